The fraction of sp³-hybridized carbons (Fsp3) is 0.500. The number of fused-ring (bicyclic) bond motifs is 1. The van der Waals surface area contributed by atoms with E-state index in [0.717, 1.165) is 12.7 Å². The zero-order chi connectivity index (χ0) is 7.84. The molecule has 1 saturated heterocycles. The molecule has 11 heavy (non-hydrogen) atoms. The summed E-state index contributed by atoms with van der Waals surface area (Å²) in [6.07, 6.45) is 3.70. The lowest BCUT2D eigenvalue weighted by atomic mass is 10.0. The van der Waals surface area contributed by atoms with Gasteiger partial charge in [0.25, 0.3) is 0 Å². The fourth-order valence-corrected chi connectivity index (χ4v) is 1.67. The molecule has 1 heterocycles. The highest BCUT2D eigenvalue weighted by molar-refractivity contribution is 5.81. The summed E-state index contributed by atoms with van der Waals surface area (Å²) in [5.74, 6) is 0.0650. The summed E-state index contributed by atoms with van der Waals surface area (Å²) in [4.78, 5) is 21.1. The second kappa shape index (κ2) is 2.19. The van der Waals surface area contributed by atoms with Crippen LogP contribution in [0.15, 0.2) is 11.6 Å². The van der Waals surface area contributed by atoms with Gasteiger partial charge in [0.2, 0.25) is 0 Å². The SMILES string of the molecule is O=CC1=CC[C@@H]2CC(=O)O[C@H]12. The van der Waals surface area contributed by atoms with Crippen LogP contribution in [0, 0.1) is 5.92 Å². The Bertz CT molecular complexity index is 242. The maximum absolute atomic E-state index is 10.8. The van der Waals surface area contributed by atoms with Crippen LogP contribution in [-0.4, -0.2) is 18.4 Å². The quantitative estimate of drug-likeness (QED) is 0.404. The Balaban J connectivity index is 2.20. The molecule has 0 aromatic heterocycles. The molecule has 58 valence electrons. The van der Waals surface area contributed by atoms with Crippen LogP contribution in [-0.2, 0) is 14.3 Å². The van der Waals surface area contributed by atoms with Gasteiger partial charge in [-0.3, -0.25) is 9.59 Å². The number of rotatable bonds is 1. The van der Waals surface area contributed by atoms with Crippen molar-refractivity contribution in [3.63, 3.8) is 0 Å². The van der Waals surface area contributed by atoms with Crippen LogP contribution in [0.5, 0.6) is 0 Å². The summed E-state index contributed by atoms with van der Waals surface area (Å²) in [6, 6.07) is 0. The van der Waals surface area contributed by atoms with Crippen molar-refractivity contribution in [3.05, 3.63) is 11.6 Å². The first-order valence-electron chi connectivity index (χ1n) is 3.66. The standard InChI is InChI=1S/C8H8O3/c9-4-6-2-1-5-3-7(10)11-8(5)6/h2,4-5,8H,1,3H2/t5-,8+/m1/s1. The Labute approximate surface area is 64.0 Å². The lowest BCUT2D eigenvalue weighted by Crippen LogP contribution is -2.13. The van der Waals surface area contributed by atoms with Gasteiger partial charge in [0.1, 0.15) is 12.4 Å². The molecule has 0 aromatic rings. The number of carbonyl (C=O) groups excluding carboxylic acids is 2. The van der Waals surface area contributed by atoms with Crippen LogP contribution >= 0.6 is 0 Å². The summed E-state index contributed by atoms with van der Waals surface area (Å²) >= 11 is 0. The summed E-state index contributed by atoms with van der Waals surface area (Å²) in [5.41, 5.74) is 0.640. The van der Waals surface area contributed by atoms with Gasteiger partial charge in [0.05, 0.1) is 6.42 Å². The molecule has 3 heteroatoms. The molecule has 0 unspecified atom stereocenters. The summed E-state index contributed by atoms with van der Waals surface area (Å²) < 4.78 is 4.95. The molecule has 2 atom stereocenters. The maximum atomic E-state index is 10.8. The van der Waals surface area contributed by atoms with Crippen molar-refractivity contribution in [2.75, 3.05) is 0 Å². The Morgan fingerprint density at radius 3 is 3.18 bits per heavy atom. The van der Waals surface area contributed by atoms with E-state index < -0.39 is 0 Å². The van der Waals surface area contributed by atoms with Gasteiger partial charge in [-0.15, -0.1) is 0 Å². The maximum Gasteiger partial charge on any atom is 0.306 e. The highest BCUT2D eigenvalue weighted by Crippen LogP contribution is 2.35. The minimum atomic E-state index is -0.222. The molecule has 0 radical (unpaired) electrons. The van der Waals surface area contributed by atoms with E-state index in [9.17, 15) is 9.59 Å². The van der Waals surface area contributed by atoms with Crippen LogP contribution in [0.25, 0.3) is 0 Å². The summed E-state index contributed by atoms with van der Waals surface area (Å²) in [7, 11) is 0. The Kier molecular flexibility index (Phi) is 1.31. The second-order valence-electron chi connectivity index (χ2n) is 2.93. The van der Waals surface area contributed by atoms with E-state index in [2.05, 4.69) is 0 Å². The molecule has 1 aliphatic heterocycles. The number of esters is 1. The van der Waals surface area contributed by atoms with Gasteiger partial charge in [-0.05, 0) is 6.42 Å². The monoisotopic (exact) mass is 152 g/mol. The predicted molar refractivity (Wildman–Crippen MR) is 36.8 cm³/mol. The third-order valence-electron chi connectivity index (χ3n) is 2.24. The molecule has 1 aliphatic carbocycles. The first-order chi connectivity index (χ1) is 5.31. The van der Waals surface area contributed by atoms with Crippen molar-refractivity contribution in [2.24, 2.45) is 5.92 Å². The minimum Gasteiger partial charge on any atom is -0.457 e. The molecule has 0 aromatic carbocycles. The normalized spacial score (nSPS) is 34.5. The smallest absolute Gasteiger partial charge is 0.306 e. The number of ether oxygens (including phenoxy) is 1. The second-order valence-corrected chi connectivity index (χ2v) is 2.93. The number of allylic oxidation sites excluding steroid dienone is 1. The molecule has 2 aliphatic rings. The van der Waals surface area contributed by atoms with E-state index in [1.165, 1.54) is 0 Å². The molecule has 0 bridgehead atoms. The lowest BCUT2D eigenvalue weighted by molar-refractivity contribution is -0.140. The van der Waals surface area contributed by atoms with E-state index >= 15 is 0 Å². The molecule has 2 rings (SSSR count). The van der Waals surface area contributed by atoms with Gasteiger partial charge < -0.3 is 4.74 Å². The van der Waals surface area contributed by atoms with Gasteiger partial charge in [-0.25, -0.2) is 0 Å². The van der Waals surface area contributed by atoms with E-state index in [1.807, 2.05) is 6.08 Å². The van der Waals surface area contributed by atoms with E-state index in [1.54, 1.807) is 0 Å². The van der Waals surface area contributed by atoms with Crippen LogP contribution < -0.4 is 0 Å². The van der Waals surface area contributed by atoms with Crippen molar-refractivity contribution in [1.82, 2.24) is 0 Å². The van der Waals surface area contributed by atoms with Gasteiger partial charge >= 0.3 is 5.97 Å². The topological polar surface area (TPSA) is 43.4 Å². The number of hydrogen-bond acceptors (Lipinski definition) is 3. The van der Waals surface area contributed by atoms with Crippen LogP contribution in [0.2, 0.25) is 0 Å². The third kappa shape index (κ3) is 0.878. The molecule has 0 amide bonds. The molecule has 3 nitrogen and oxygen atoms in total. The third-order valence-corrected chi connectivity index (χ3v) is 2.24. The van der Waals surface area contributed by atoms with Gasteiger partial charge in [0, 0.05) is 11.5 Å². The largest absolute Gasteiger partial charge is 0.457 e. The van der Waals surface area contributed by atoms with Crippen LogP contribution in [0.3, 0.4) is 0 Å². The van der Waals surface area contributed by atoms with E-state index in [0.29, 0.717) is 12.0 Å². The number of carbonyl (C=O) groups is 2. The number of hydrogen-bond donors (Lipinski definition) is 0. The molecule has 0 spiro atoms. The van der Waals surface area contributed by atoms with E-state index in [4.69, 9.17) is 4.74 Å². The predicted octanol–water partition coefficient (Wildman–Crippen LogP) is 0.447. The zero-order valence-corrected chi connectivity index (χ0v) is 5.95. The van der Waals surface area contributed by atoms with Crippen molar-refractivity contribution >= 4 is 12.3 Å². The summed E-state index contributed by atoms with van der Waals surface area (Å²) in [5, 5.41) is 0. The van der Waals surface area contributed by atoms with E-state index in [-0.39, 0.29) is 18.0 Å². The van der Waals surface area contributed by atoms with Crippen LogP contribution in [0.4, 0.5) is 0 Å². The first-order valence-corrected chi connectivity index (χ1v) is 3.66. The van der Waals surface area contributed by atoms with Gasteiger partial charge in [0.15, 0.2) is 0 Å². The molecule has 0 N–H and O–H groups in total. The first kappa shape index (κ1) is 6.58. The van der Waals surface area contributed by atoms with Gasteiger partial charge in [-0.1, -0.05) is 6.08 Å². The lowest BCUT2D eigenvalue weighted by Gasteiger charge is -2.07. The summed E-state index contributed by atoms with van der Waals surface area (Å²) in [6.45, 7) is 0. The molecular weight excluding hydrogens is 144 g/mol. The zero-order valence-electron chi connectivity index (χ0n) is 5.95. The van der Waals surface area contributed by atoms with Crippen molar-refractivity contribution in [1.29, 1.82) is 0 Å². The van der Waals surface area contributed by atoms with Crippen molar-refractivity contribution < 1.29 is 14.3 Å². The highest BCUT2D eigenvalue weighted by atomic mass is 16.6. The Morgan fingerprint density at radius 1 is 1.64 bits per heavy atom. The fourth-order valence-electron chi connectivity index (χ4n) is 1.67. The highest BCUT2D eigenvalue weighted by Gasteiger charge is 2.39. The van der Waals surface area contributed by atoms with Gasteiger partial charge in [-0.2, -0.15) is 0 Å². The minimum absolute atomic E-state index is 0.174. The average Bonchev–Trinajstić information content (AvgIpc) is 2.45. The van der Waals surface area contributed by atoms with Crippen molar-refractivity contribution in [3.8, 4) is 0 Å². The molecule has 0 saturated carbocycles. The molecular formula is C8H8O3. The Morgan fingerprint density at radius 2 is 2.45 bits per heavy atom. The average molecular weight is 152 g/mol. The number of aldehydes is 1. The Hall–Kier alpha value is -1.12. The molecule has 1 fully saturated rings. The van der Waals surface area contributed by atoms with Crippen LogP contribution in [0.1, 0.15) is 12.8 Å². The van der Waals surface area contributed by atoms with Crippen molar-refractivity contribution in [2.45, 2.75) is 18.9 Å².